The molecule has 0 fully saturated rings. The number of hydrogen-bond donors (Lipinski definition) is 1. The summed E-state index contributed by atoms with van der Waals surface area (Å²) in [6.45, 7) is 0. The predicted octanol–water partition coefficient (Wildman–Crippen LogP) is 4.22. The zero-order chi connectivity index (χ0) is 14.4. The van der Waals surface area contributed by atoms with E-state index in [0.29, 0.717) is 4.43 Å². The van der Waals surface area contributed by atoms with Crippen molar-refractivity contribution in [2.24, 2.45) is 0 Å². The maximum Gasteiger partial charge on any atom is 0.234 e. The van der Waals surface area contributed by atoms with Crippen LogP contribution in [0.2, 0.25) is 0 Å². The van der Waals surface area contributed by atoms with Crippen LogP contribution in [-0.2, 0) is 4.79 Å². The van der Waals surface area contributed by atoms with Crippen LogP contribution >= 0.6 is 34.4 Å². The van der Waals surface area contributed by atoms with E-state index in [4.69, 9.17) is 4.74 Å². The van der Waals surface area contributed by atoms with E-state index in [2.05, 4.69) is 5.32 Å². The molecule has 2 rings (SSSR count). The minimum absolute atomic E-state index is 0.0150. The van der Waals surface area contributed by atoms with Gasteiger partial charge in [0, 0.05) is 15.5 Å². The highest BCUT2D eigenvalue weighted by Gasteiger charge is 2.01. The zero-order valence-corrected chi connectivity index (χ0v) is 13.9. The standard InChI is InChI=1S/C15H14INO2S/c1-19-12-4-8-14(9-5-12)20-13-6-2-11(3-7-13)17-15(18)10-16/h2-9H,10H2,1H3,(H,17,18). The number of benzene rings is 2. The van der Waals surface area contributed by atoms with Crippen LogP contribution < -0.4 is 10.1 Å². The van der Waals surface area contributed by atoms with Gasteiger partial charge in [0.05, 0.1) is 11.5 Å². The lowest BCUT2D eigenvalue weighted by Gasteiger charge is -2.06. The molecule has 1 amide bonds. The highest BCUT2D eigenvalue weighted by molar-refractivity contribution is 14.1. The Morgan fingerprint density at radius 1 is 1.10 bits per heavy atom. The Morgan fingerprint density at radius 3 is 2.15 bits per heavy atom. The highest BCUT2D eigenvalue weighted by atomic mass is 127. The summed E-state index contributed by atoms with van der Waals surface area (Å²) in [5.41, 5.74) is 0.825. The van der Waals surface area contributed by atoms with Gasteiger partial charge in [0.1, 0.15) is 5.75 Å². The van der Waals surface area contributed by atoms with Crippen LogP contribution in [0, 0.1) is 0 Å². The van der Waals surface area contributed by atoms with E-state index >= 15 is 0 Å². The van der Waals surface area contributed by atoms with Crippen molar-refractivity contribution in [3.8, 4) is 5.75 Å². The lowest BCUT2D eigenvalue weighted by molar-refractivity contribution is -0.113. The van der Waals surface area contributed by atoms with Crippen molar-refractivity contribution in [2.75, 3.05) is 16.9 Å². The first kappa shape index (κ1) is 15.2. The van der Waals surface area contributed by atoms with Gasteiger partial charge in [-0.3, -0.25) is 4.79 Å². The number of carbonyl (C=O) groups excluding carboxylic acids is 1. The van der Waals surface area contributed by atoms with Crippen LogP contribution in [0.15, 0.2) is 58.3 Å². The second kappa shape index (κ2) is 7.54. The molecule has 0 bridgehead atoms. The Labute approximate surface area is 136 Å². The smallest absolute Gasteiger partial charge is 0.234 e. The molecule has 0 aromatic heterocycles. The fourth-order valence-corrected chi connectivity index (χ4v) is 2.59. The molecule has 0 aliphatic carbocycles. The third-order valence-electron chi connectivity index (χ3n) is 2.55. The zero-order valence-electron chi connectivity index (χ0n) is 10.9. The summed E-state index contributed by atoms with van der Waals surface area (Å²) in [5, 5.41) is 2.83. The molecule has 0 heterocycles. The Balaban J connectivity index is 2.00. The molecule has 104 valence electrons. The number of hydrogen-bond acceptors (Lipinski definition) is 3. The van der Waals surface area contributed by atoms with E-state index < -0.39 is 0 Å². The molecule has 1 N–H and O–H groups in total. The Morgan fingerprint density at radius 2 is 1.65 bits per heavy atom. The second-order valence-corrected chi connectivity index (χ2v) is 5.89. The van der Waals surface area contributed by atoms with Crippen LogP contribution in [0.5, 0.6) is 5.75 Å². The third-order valence-corrected chi connectivity index (χ3v) is 4.26. The number of amides is 1. The number of carbonyl (C=O) groups is 1. The number of nitrogens with one attached hydrogen (secondary N) is 1. The summed E-state index contributed by atoms with van der Waals surface area (Å²) in [4.78, 5) is 13.6. The first-order valence-electron chi connectivity index (χ1n) is 5.99. The van der Waals surface area contributed by atoms with Gasteiger partial charge in [0.2, 0.25) is 5.91 Å². The molecular weight excluding hydrogens is 385 g/mol. The van der Waals surface area contributed by atoms with Gasteiger partial charge in [-0.05, 0) is 48.5 Å². The molecule has 0 unspecified atom stereocenters. The number of anilines is 1. The SMILES string of the molecule is COc1ccc(Sc2ccc(NC(=O)CI)cc2)cc1. The number of ether oxygens (including phenoxy) is 1. The van der Waals surface area contributed by atoms with E-state index in [1.807, 2.05) is 71.1 Å². The van der Waals surface area contributed by atoms with Crippen LogP contribution in [0.4, 0.5) is 5.69 Å². The molecule has 0 saturated carbocycles. The van der Waals surface area contributed by atoms with Gasteiger partial charge in [0.15, 0.2) is 0 Å². The van der Waals surface area contributed by atoms with Gasteiger partial charge in [-0.15, -0.1) is 0 Å². The first-order valence-corrected chi connectivity index (χ1v) is 8.33. The maximum atomic E-state index is 11.3. The average Bonchev–Trinajstić information content (AvgIpc) is 2.50. The Hall–Kier alpha value is -1.21. The van der Waals surface area contributed by atoms with Crippen molar-refractivity contribution in [3.05, 3.63) is 48.5 Å². The highest BCUT2D eigenvalue weighted by Crippen LogP contribution is 2.29. The summed E-state index contributed by atoms with van der Waals surface area (Å²) in [6, 6.07) is 15.8. The lowest BCUT2D eigenvalue weighted by Crippen LogP contribution is -2.11. The van der Waals surface area contributed by atoms with Gasteiger partial charge in [-0.1, -0.05) is 34.4 Å². The van der Waals surface area contributed by atoms with Crippen molar-refractivity contribution < 1.29 is 9.53 Å². The Kier molecular flexibility index (Phi) is 5.72. The number of alkyl halides is 1. The molecule has 2 aromatic carbocycles. The number of halogens is 1. The minimum atomic E-state index is 0.0150. The number of rotatable bonds is 5. The monoisotopic (exact) mass is 399 g/mol. The molecule has 2 aromatic rings. The summed E-state index contributed by atoms with van der Waals surface area (Å²) < 4.78 is 5.59. The van der Waals surface area contributed by atoms with Gasteiger partial charge in [-0.25, -0.2) is 0 Å². The van der Waals surface area contributed by atoms with Crippen molar-refractivity contribution in [1.29, 1.82) is 0 Å². The third kappa shape index (κ3) is 4.42. The average molecular weight is 399 g/mol. The van der Waals surface area contributed by atoms with Gasteiger partial charge >= 0.3 is 0 Å². The number of methoxy groups -OCH3 is 1. The molecule has 0 atom stereocenters. The lowest BCUT2D eigenvalue weighted by atomic mass is 10.3. The quantitative estimate of drug-likeness (QED) is 0.605. The van der Waals surface area contributed by atoms with Crippen LogP contribution in [0.1, 0.15) is 0 Å². The Bertz CT molecular complexity index is 569. The summed E-state index contributed by atoms with van der Waals surface area (Å²) in [6.07, 6.45) is 0. The van der Waals surface area contributed by atoms with E-state index in [1.165, 1.54) is 0 Å². The first-order chi connectivity index (χ1) is 9.71. The van der Waals surface area contributed by atoms with Crippen LogP contribution in [0.25, 0.3) is 0 Å². The van der Waals surface area contributed by atoms with Gasteiger partial charge in [0.25, 0.3) is 0 Å². The molecule has 0 aliphatic heterocycles. The van der Waals surface area contributed by atoms with Crippen molar-refractivity contribution >= 4 is 45.9 Å². The van der Waals surface area contributed by atoms with Crippen molar-refractivity contribution in [2.45, 2.75) is 9.79 Å². The van der Waals surface area contributed by atoms with Crippen LogP contribution in [-0.4, -0.2) is 17.4 Å². The molecule has 0 saturated heterocycles. The summed E-state index contributed by atoms with van der Waals surface area (Å²) in [5.74, 6) is 0.868. The minimum Gasteiger partial charge on any atom is -0.497 e. The van der Waals surface area contributed by atoms with E-state index in [-0.39, 0.29) is 5.91 Å². The topological polar surface area (TPSA) is 38.3 Å². The molecule has 5 heteroatoms. The normalized spacial score (nSPS) is 10.1. The molecule has 0 spiro atoms. The fraction of sp³-hybridized carbons (Fsp3) is 0.133. The molecule has 0 aliphatic rings. The maximum absolute atomic E-state index is 11.3. The molecule has 20 heavy (non-hydrogen) atoms. The van der Waals surface area contributed by atoms with Crippen molar-refractivity contribution in [1.82, 2.24) is 0 Å². The molecule has 3 nitrogen and oxygen atoms in total. The fourth-order valence-electron chi connectivity index (χ4n) is 1.58. The second-order valence-electron chi connectivity index (χ2n) is 3.98. The summed E-state index contributed by atoms with van der Waals surface area (Å²) in [7, 11) is 1.66. The largest absolute Gasteiger partial charge is 0.497 e. The van der Waals surface area contributed by atoms with Crippen LogP contribution in [0.3, 0.4) is 0 Å². The molecular formula is C15H14INO2S. The molecule has 0 radical (unpaired) electrons. The predicted molar refractivity (Wildman–Crippen MR) is 91.1 cm³/mol. The van der Waals surface area contributed by atoms with Crippen molar-refractivity contribution in [3.63, 3.8) is 0 Å². The summed E-state index contributed by atoms with van der Waals surface area (Å²) >= 11 is 3.71. The van der Waals surface area contributed by atoms with Gasteiger partial charge in [-0.2, -0.15) is 0 Å². The van der Waals surface area contributed by atoms with E-state index in [0.717, 1.165) is 21.2 Å². The van der Waals surface area contributed by atoms with E-state index in [1.54, 1.807) is 18.9 Å². The van der Waals surface area contributed by atoms with Gasteiger partial charge < -0.3 is 10.1 Å². The van der Waals surface area contributed by atoms with E-state index in [9.17, 15) is 4.79 Å².